The maximum absolute atomic E-state index is 9.45. The van der Waals surface area contributed by atoms with Gasteiger partial charge in [-0.25, -0.2) is 0 Å². The van der Waals surface area contributed by atoms with E-state index in [-0.39, 0.29) is 6.61 Å². The van der Waals surface area contributed by atoms with Crippen molar-refractivity contribution in [2.45, 2.75) is 84.7 Å². The number of hydrogen-bond donors (Lipinski definition) is 2. The number of aliphatic hydroxyl groups is 1. The third-order valence-corrected chi connectivity index (χ3v) is 4.85. The van der Waals surface area contributed by atoms with Gasteiger partial charge in [0, 0.05) is 31.7 Å². The van der Waals surface area contributed by atoms with Crippen LogP contribution in [0.25, 0.3) is 0 Å². The maximum Gasteiger partial charge on any atom is 0.0558 e. The van der Waals surface area contributed by atoms with Crippen LogP contribution in [-0.2, 0) is 0 Å². The van der Waals surface area contributed by atoms with Gasteiger partial charge in [-0.1, -0.05) is 53.4 Å². The first-order valence-corrected chi connectivity index (χ1v) is 9.09. The highest BCUT2D eigenvalue weighted by Gasteiger charge is 2.30. The lowest BCUT2D eigenvalue weighted by Crippen LogP contribution is -2.48. The summed E-state index contributed by atoms with van der Waals surface area (Å²) in [7, 11) is 0. The molecule has 1 rings (SSSR count). The zero-order valence-corrected chi connectivity index (χ0v) is 14.8. The Hall–Kier alpha value is -0.120. The van der Waals surface area contributed by atoms with Crippen molar-refractivity contribution in [1.29, 1.82) is 0 Å². The quantitative estimate of drug-likeness (QED) is 0.649. The van der Waals surface area contributed by atoms with Gasteiger partial charge in [0.2, 0.25) is 0 Å². The predicted octanol–water partition coefficient (Wildman–Crippen LogP) is 3.42. The van der Waals surface area contributed by atoms with E-state index in [2.05, 4.69) is 37.9 Å². The summed E-state index contributed by atoms with van der Waals surface area (Å²) in [6.07, 6.45) is 9.24. The van der Waals surface area contributed by atoms with E-state index in [0.29, 0.717) is 17.5 Å². The third kappa shape index (κ3) is 7.12. The highest BCUT2D eigenvalue weighted by molar-refractivity contribution is 4.85. The molecule has 0 amide bonds. The zero-order chi connectivity index (χ0) is 15.7. The molecule has 1 aliphatic rings. The molecule has 1 fully saturated rings. The number of aliphatic hydroxyl groups excluding tert-OH is 1. The van der Waals surface area contributed by atoms with Crippen LogP contribution in [-0.4, -0.2) is 48.3 Å². The lowest BCUT2D eigenvalue weighted by atomic mass is 9.83. The molecule has 0 bridgehead atoms. The summed E-state index contributed by atoms with van der Waals surface area (Å²) in [4.78, 5) is 2.58. The van der Waals surface area contributed by atoms with Crippen molar-refractivity contribution >= 4 is 0 Å². The van der Waals surface area contributed by atoms with Gasteiger partial charge in [-0.15, -0.1) is 0 Å². The molecule has 1 aliphatic carbocycles. The van der Waals surface area contributed by atoms with Gasteiger partial charge in [0.05, 0.1) is 6.61 Å². The third-order valence-electron chi connectivity index (χ3n) is 4.85. The lowest BCUT2D eigenvalue weighted by molar-refractivity contribution is 0.0707. The van der Waals surface area contributed by atoms with Crippen LogP contribution in [0.5, 0.6) is 0 Å². The Morgan fingerprint density at radius 3 is 2.43 bits per heavy atom. The first kappa shape index (κ1) is 18.9. The van der Waals surface area contributed by atoms with Gasteiger partial charge >= 0.3 is 0 Å². The van der Waals surface area contributed by atoms with Crippen molar-refractivity contribution in [3.05, 3.63) is 0 Å². The molecule has 3 heteroatoms. The lowest BCUT2D eigenvalue weighted by Gasteiger charge is -2.41. The molecule has 0 radical (unpaired) electrons. The molecule has 0 aromatic rings. The molecule has 0 aromatic heterocycles. The van der Waals surface area contributed by atoms with Gasteiger partial charge in [-0.2, -0.15) is 0 Å². The number of nitrogens with zero attached hydrogens (tertiary/aromatic N) is 1. The molecule has 1 saturated carbocycles. The van der Waals surface area contributed by atoms with Gasteiger partial charge < -0.3 is 10.4 Å². The van der Waals surface area contributed by atoms with E-state index in [1.54, 1.807) is 0 Å². The molecule has 126 valence electrons. The van der Waals surface area contributed by atoms with Crippen molar-refractivity contribution in [3.8, 4) is 0 Å². The van der Waals surface area contributed by atoms with Crippen LogP contribution in [0.4, 0.5) is 0 Å². The second-order valence-corrected chi connectivity index (χ2v) is 7.58. The number of nitrogens with one attached hydrogen (secondary N) is 1. The molecule has 2 N–H and O–H groups in total. The highest BCUT2D eigenvalue weighted by atomic mass is 16.3. The van der Waals surface area contributed by atoms with E-state index in [1.807, 2.05) is 0 Å². The molecule has 0 aliphatic heterocycles. The van der Waals surface area contributed by atoms with Crippen LogP contribution < -0.4 is 5.32 Å². The second kappa shape index (κ2) is 9.81. The normalized spacial score (nSPS) is 20.1. The van der Waals surface area contributed by atoms with Crippen LogP contribution in [0.2, 0.25) is 0 Å². The fourth-order valence-electron chi connectivity index (χ4n) is 3.73. The molecule has 0 spiro atoms. The predicted molar refractivity (Wildman–Crippen MR) is 91.7 cm³/mol. The molecular weight excluding hydrogens is 260 g/mol. The molecule has 0 aromatic carbocycles. The van der Waals surface area contributed by atoms with Crippen LogP contribution in [0.1, 0.15) is 72.6 Å². The van der Waals surface area contributed by atoms with E-state index in [0.717, 1.165) is 19.6 Å². The minimum atomic E-state index is 0.288. The second-order valence-electron chi connectivity index (χ2n) is 7.58. The Labute approximate surface area is 132 Å². The topological polar surface area (TPSA) is 35.5 Å². The number of rotatable bonds is 10. The maximum atomic E-state index is 9.45. The molecular formula is C18H38N2O. The van der Waals surface area contributed by atoms with Gasteiger partial charge in [0.1, 0.15) is 0 Å². The van der Waals surface area contributed by atoms with Gasteiger partial charge in [-0.05, 0) is 24.7 Å². The summed E-state index contributed by atoms with van der Waals surface area (Å²) >= 11 is 0. The molecule has 21 heavy (non-hydrogen) atoms. The van der Waals surface area contributed by atoms with Gasteiger partial charge in [0.15, 0.2) is 0 Å². The van der Waals surface area contributed by atoms with Crippen molar-refractivity contribution < 1.29 is 5.11 Å². The standard InChI is InChI=1S/C18H38N2O/c1-5-11-18(4,14-19-16(2)3)15-20(12-13-21)17-9-7-6-8-10-17/h16-17,19,21H,5-15H2,1-4H3. The van der Waals surface area contributed by atoms with Crippen molar-refractivity contribution in [2.24, 2.45) is 5.41 Å². The number of hydrogen-bond acceptors (Lipinski definition) is 3. The van der Waals surface area contributed by atoms with E-state index in [1.165, 1.54) is 44.9 Å². The smallest absolute Gasteiger partial charge is 0.0558 e. The minimum absolute atomic E-state index is 0.288. The summed E-state index contributed by atoms with van der Waals surface area (Å²) in [5.41, 5.74) is 0.311. The highest BCUT2D eigenvalue weighted by Crippen LogP contribution is 2.29. The van der Waals surface area contributed by atoms with E-state index in [9.17, 15) is 5.11 Å². The largest absolute Gasteiger partial charge is 0.395 e. The average Bonchev–Trinajstić information content (AvgIpc) is 2.46. The van der Waals surface area contributed by atoms with Crippen LogP contribution in [0.3, 0.4) is 0 Å². The van der Waals surface area contributed by atoms with Crippen LogP contribution in [0.15, 0.2) is 0 Å². The fourth-order valence-corrected chi connectivity index (χ4v) is 3.73. The Morgan fingerprint density at radius 1 is 1.24 bits per heavy atom. The molecule has 0 saturated heterocycles. The van der Waals surface area contributed by atoms with E-state index in [4.69, 9.17) is 0 Å². The van der Waals surface area contributed by atoms with E-state index < -0.39 is 0 Å². The monoisotopic (exact) mass is 298 g/mol. The van der Waals surface area contributed by atoms with Gasteiger partial charge in [-0.3, -0.25) is 4.90 Å². The average molecular weight is 299 g/mol. The fraction of sp³-hybridized carbons (Fsp3) is 1.00. The van der Waals surface area contributed by atoms with Gasteiger partial charge in [0.25, 0.3) is 0 Å². The molecule has 1 atom stereocenters. The molecule has 3 nitrogen and oxygen atoms in total. The summed E-state index contributed by atoms with van der Waals surface area (Å²) in [5, 5.41) is 13.1. The first-order valence-electron chi connectivity index (χ1n) is 9.09. The summed E-state index contributed by atoms with van der Waals surface area (Å²) < 4.78 is 0. The Kier molecular flexibility index (Phi) is 8.84. The first-order chi connectivity index (χ1) is 10.0. The van der Waals surface area contributed by atoms with Crippen molar-refractivity contribution in [2.75, 3.05) is 26.2 Å². The Morgan fingerprint density at radius 2 is 1.90 bits per heavy atom. The molecule has 1 unspecified atom stereocenters. The molecule has 0 heterocycles. The van der Waals surface area contributed by atoms with Crippen LogP contribution in [0, 0.1) is 5.41 Å². The minimum Gasteiger partial charge on any atom is -0.395 e. The Bertz CT molecular complexity index is 264. The van der Waals surface area contributed by atoms with Crippen LogP contribution >= 0.6 is 0 Å². The van der Waals surface area contributed by atoms with Crippen molar-refractivity contribution in [3.63, 3.8) is 0 Å². The summed E-state index contributed by atoms with van der Waals surface area (Å²) in [6.45, 7) is 12.5. The summed E-state index contributed by atoms with van der Waals surface area (Å²) in [6, 6.07) is 1.24. The summed E-state index contributed by atoms with van der Waals surface area (Å²) in [5.74, 6) is 0. The van der Waals surface area contributed by atoms with Crippen molar-refractivity contribution in [1.82, 2.24) is 10.2 Å². The van der Waals surface area contributed by atoms with E-state index >= 15 is 0 Å². The zero-order valence-electron chi connectivity index (χ0n) is 14.8. The Balaban J connectivity index is 2.65. The SMILES string of the molecule is CCCC(C)(CNC(C)C)CN(CCO)C1CCCCC1.